The molecule has 1 N–H and O–H groups in total. The molecule has 0 bridgehead atoms. The highest BCUT2D eigenvalue weighted by Crippen LogP contribution is 2.37. The molecule has 4 nitrogen and oxygen atoms in total. The van der Waals surface area contributed by atoms with E-state index in [1.165, 1.54) is 12.1 Å². The van der Waals surface area contributed by atoms with Gasteiger partial charge in [-0.1, -0.05) is 12.1 Å². The number of carbonyl (C=O) groups is 1. The van der Waals surface area contributed by atoms with Gasteiger partial charge in [-0.25, -0.2) is 4.39 Å². The normalized spacial score (nSPS) is 18.3. The number of aryl methyl sites for hydroxylation is 1. The zero-order valence-corrected chi connectivity index (χ0v) is 10.1. The summed E-state index contributed by atoms with van der Waals surface area (Å²) in [5.74, 6) is -0.390. The molecule has 1 amide bonds. The summed E-state index contributed by atoms with van der Waals surface area (Å²) in [5, 5.41) is 6.86. The molecule has 0 aliphatic carbocycles. The van der Waals surface area contributed by atoms with Crippen LogP contribution in [0.5, 0.6) is 0 Å². The van der Waals surface area contributed by atoms with Crippen molar-refractivity contribution >= 4 is 5.91 Å². The minimum Gasteiger partial charge on any atom is -0.329 e. The number of fused-ring (bicyclic) bond motifs is 1. The number of halogens is 1. The number of hydrogen-bond acceptors (Lipinski definition) is 2. The molecule has 92 valence electrons. The van der Waals surface area contributed by atoms with Crippen LogP contribution in [0, 0.1) is 12.7 Å². The van der Waals surface area contributed by atoms with Gasteiger partial charge < -0.3 is 4.90 Å². The van der Waals surface area contributed by atoms with E-state index in [-0.39, 0.29) is 17.8 Å². The first-order valence-corrected chi connectivity index (χ1v) is 5.67. The van der Waals surface area contributed by atoms with Crippen molar-refractivity contribution < 1.29 is 9.18 Å². The van der Waals surface area contributed by atoms with Crippen molar-refractivity contribution in [3.63, 3.8) is 0 Å². The number of benzene rings is 1. The molecule has 2 aromatic rings. The van der Waals surface area contributed by atoms with E-state index in [9.17, 15) is 9.18 Å². The minimum atomic E-state index is -0.283. The minimum absolute atomic E-state index is 0.108. The Morgan fingerprint density at radius 2 is 2.00 bits per heavy atom. The van der Waals surface area contributed by atoms with Crippen molar-refractivity contribution in [2.45, 2.75) is 13.0 Å². The number of rotatable bonds is 1. The number of nitrogens with zero attached hydrogens (tertiary/aromatic N) is 2. The second-order valence-corrected chi connectivity index (χ2v) is 4.48. The van der Waals surface area contributed by atoms with Crippen LogP contribution >= 0.6 is 0 Å². The van der Waals surface area contributed by atoms with E-state index < -0.39 is 0 Å². The zero-order chi connectivity index (χ0) is 12.9. The Bertz CT molecular complexity index is 618. The van der Waals surface area contributed by atoms with Gasteiger partial charge in [-0.3, -0.25) is 9.89 Å². The summed E-state index contributed by atoms with van der Waals surface area (Å²) < 4.78 is 13.0. The SMILES string of the molecule is Cc1[nH]nc2c1[C@H](c1ccc(F)cc1)N(C)C2=O. The predicted octanol–water partition coefficient (Wildman–Crippen LogP) is 2.03. The molecule has 0 unspecified atom stereocenters. The van der Waals surface area contributed by atoms with Gasteiger partial charge in [-0.2, -0.15) is 5.10 Å². The Kier molecular flexibility index (Phi) is 2.23. The lowest BCUT2D eigenvalue weighted by Crippen LogP contribution is -2.24. The molecule has 1 aliphatic heterocycles. The fourth-order valence-electron chi connectivity index (χ4n) is 2.45. The molecule has 0 fully saturated rings. The average Bonchev–Trinajstić information content (AvgIpc) is 2.84. The molecule has 2 heterocycles. The van der Waals surface area contributed by atoms with Crippen LogP contribution in [0.1, 0.15) is 33.4 Å². The monoisotopic (exact) mass is 245 g/mol. The number of aromatic amines is 1. The molecule has 1 aromatic heterocycles. The van der Waals surface area contributed by atoms with E-state index in [1.54, 1.807) is 24.1 Å². The van der Waals surface area contributed by atoms with E-state index >= 15 is 0 Å². The first-order chi connectivity index (χ1) is 8.59. The maximum Gasteiger partial charge on any atom is 0.275 e. The first kappa shape index (κ1) is 11.0. The molecule has 1 atom stereocenters. The summed E-state index contributed by atoms with van der Waals surface area (Å²) in [4.78, 5) is 13.7. The summed E-state index contributed by atoms with van der Waals surface area (Å²) >= 11 is 0. The van der Waals surface area contributed by atoms with Gasteiger partial charge in [-0.05, 0) is 24.6 Å². The molecule has 0 saturated heterocycles. The van der Waals surface area contributed by atoms with Crippen LogP contribution in [-0.2, 0) is 0 Å². The van der Waals surface area contributed by atoms with E-state index in [1.807, 2.05) is 6.92 Å². The van der Waals surface area contributed by atoms with Crippen molar-refractivity contribution in [2.24, 2.45) is 0 Å². The zero-order valence-electron chi connectivity index (χ0n) is 10.1. The van der Waals surface area contributed by atoms with Gasteiger partial charge in [0.2, 0.25) is 0 Å². The maximum absolute atomic E-state index is 13.0. The third-order valence-corrected chi connectivity index (χ3v) is 3.36. The van der Waals surface area contributed by atoms with Crippen molar-refractivity contribution in [1.29, 1.82) is 0 Å². The van der Waals surface area contributed by atoms with Crippen LogP contribution in [0.15, 0.2) is 24.3 Å². The standard InChI is InChI=1S/C13H12FN3O/c1-7-10-11(16-15-7)13(18)17(2)12(10)8-3-5-9(14)6-4-8/h3-6,12H,1-2H3,(H,15,16)/t12-/m0/s1. The molecular weight excluding hydrogens is 233 g/mol. The third kappa shape index (κ3) is 1.37. The van der Waals surface area contributed by atoms with Crippen molar-refractivity contribution in [3.05, 3.63) is 52.6 Å². The molecule has 18 heavy (non-hydrogen) atoms. The maximum atomic E-state index is 13.0. The predicted molar refractivity (Wildman–Crippen MR) is 63.7 cm³/mol. The number of H-pyrrole nitrogens is 1. The summed E-state index contributed by atoms with van der Waals surface area (Å²) in [6, 6.07) is 6.02. The lowest BCUT2D eigenvalue weighted by atomic mass is 9.99. The average molecular weight is 245 g/mol. The number of amides is 1. The summed E-state index contributed by atoms with van der Waals surface area (Å²) in [6.45, 7) is 1.88. The van der Waals surface area contributed by atoms with Gasteiger partial charge >= 0.3 is 0 Å². The van der Waals surface area contributed by atoms with Crippen LogP contribution < -0.4 is 0 Å². The lowest BCUT2D eigenvalue weighted by molar-refractivity contribution is 0.0787. The molecule has 0 saturated carbocycles. The quantitative estimate of drug-likeness (QED) is 0.835. The Hall–Kier alpha value is -2.17. The Morgan fingerprint density at radius 1 is 1.33 bits per heavy atom. The van der Waals surface area contributed by atoms with Crippen molar-refractivity contribution in [1.82, 2.24) is 15.1 Å². The van der Waals surface area contributed by atoms with Gasteiger partial charge in [0.15, 0.2) is 5.69 Å². The van der Waals surface area contributed by atoms with E-state index in [0.29, 0.717) is 5.69 Å². The van der Waals surface area contributed by atoms with Crippen molar-refractivity contribution in [3.8, 4) is 0 Å². The van der Waals surface area contributed by atoms with E-state index in [4.69, 9.17) is 0 Å². The molecule has 0 radical (unpaired) electrons. The molecule has 0 spiro atoms. The fraction of sp³-hybridized carbons (Fsp3) is 0.231. The van der Waals surface area contributed by atoms with Gasteiger partial charge in [0.25, 0.3) is 5.91 Å². The van der Waals surface area contributed by atoms with Crippen LogP contribution in [0.25, 0.3) is 0 Å². The van der Waals surface area contributed by atoms with E-state index in [0.717, 1.165) is 16.8 Å². The number of aromatic nitrogens is 2. The number of carbonyl (C=O) groups excluding carboxylic acids is 1. The van der Waals surface area contributed by atoms with Crippen LogP contribution in [-0.4, -0.2) is 28.1 Å². The number of hydrogen-bond donors (Lipinski definition) is 1. The Balaban J connectivity index is 2.14. The van der Waals surface area contributed by atoms with Crippen LogP contribution in [0.4, 0.5) is 4.39 Å². The molecule has 1 aliphatic rings. The summed E-state index contributed by atoms with van der Waals surface area (Å²) in [7, 11) is 1.73. The fourth-order valence-corrected chi connectivity index (χ4v) is 2.45. The van der Waals surface area contributed by atoms with Gasteiger partial charge in [0.05, 0.1) is 6.04 Å². The smallest absolute Gasteiger partial charge is 0.275 e. The van der Waals surface area contributed by atoms with Crippen LogP contribution in [0.2, 0.25) is 0 Å². The van der Waals surface area contributed by atoms with Gasteiger partial charge in [-0.15, -0.1) is 0 Å². The summed E-state index contributed by atoms with van der Waals surface area (Å²) in [6.07, 6.45) is 0. The Morgan fingerprint density at radius 3 is 2.67 bits per heavy atom. The highest BCUT2D eigenvalue weighted by Gasteiger charge is 2.39. The molecule has 5 heteroatoms. The van der Waals surface area contributed by atoms with Crippen molar-refractivity contribution in [2.75, 3.05) is 7.05 Å². The van der Waals surface area contributed by atoms with E-state index in [2.05, 4.69) is 10.2 Å². The third-order valence-electron chi connectivity index (χ3n) is 3.36. The Labute approximate surface area is 103 Å². The largest absolute Gasteiger partial charge is 0.329 e. The highest BCUT2D eigenvalue weighted by atomic mass is 19.1. The molecular formula is C13H12FN3O. The van der Waals surface area contributed by atoms with Crippen LogP contribution in [0.3, 0.4) is 0 Å². The first-order valence-electron chi connectivity index (χ1n) is 5.67. The van der Waals surface area contributed by atoms with Gasteiger partial charge in [0.1, 0.15) is 5.82 Å². The highest BCUT2D eigenvalue weighted by molar-refractivity contribution is 5.98. The molecule has 1 aromatic carbocycles. The second-order valence-electron chi connectivity index (χ2n) is 4.48. The summed E-state index contributed by atoms with van der Waals surface area (Å²) in [5.41, 5.74) is 3.10. The number of nitrogens with one attached hydrogen (secondary N) is 1. The molecule has 3 rings (SSSR count). The van der Waals surface area contributed by atoms with Gasteiger partial charge in [0, 0.05) is 18.3 Å². The second kappa shape index (κ2) is 3.66. The lowest BCUT2D eigenvalue weighted by Gasteiger charge is -2.21. The topological polar surface area (TPSA) is 49.0 Å².